The maximum absolute atomic E-state index is 13.0. The van der Waals surface area contributed by atoms with Crippen LogP contribution in [-0.2, 0) is 20.8 Å². The molecule has 0 atom stereocenters. The van der Waals surface area contributed by atoms with Crippen LogP contribution in [0.3, 0.4) is 0 Å². The van der Waals surface area contributed by atoms with Crippen LogP contribution in [0.5, 0.6) is 5.75 Å². The van der Waals surface area contributed by atoms with Crippen molar-refractivity contribution >= 4 is 50.4 Å². The Hall–Kier alpha value is -3.92. The van der Waals surface area contributed by atoms with E-state index >= 15 is 0 Å². The number of methoxy groups -OCH3 is 1. The molecule has 34 heavy (non-hydrogen) atoms. The molecule has 0 saturated heterocycles. The fraction of sp³-hybridized carbons (Fsp3) is 0.250. The van der Waals surface area contributed by atoms with Gasteiger partial charge in [-0.2, -0.15) is 4.99 Å². The second-order valence-corrected chi connectivity index (χ2v) is 8.09. The zero-order valence-electron chi connectivity index (χ0n) is 18.8. The number of carbonyl (C=O) groups excluding carboxylic acids is 3. The number of nitrogens with zero attached hydrogens (tertiary/aromatic N) is 2. The maximum atomic E-state index is 13.0. The number of ether oxygens (including phenoxy) is 3. The number of furan rings is 1. The molecule has 0 radical (unpaired) electrons. The molecule has 10 heteroatoms. The first kappa shape index (κ1) is 23.2. The number of carbonyl (C=O) groups is 3. The molecule has 0 aliphatic carbocycles. The number of rotatable bonds is 7. The molecule has 4 rings (SSSR count). The first-order valence-electron chi connectivity index (χ1n) is 10.6. The van der Waals surface area contributed by atoms with Crippen molar-refractivity contribution in [1.29, 1.82) is 0 Å². The standard InChI is InChI=1S/C24H22N2O7S/c1-4-31-17-8-6-7-14-11-18(33-21(14)17)22(28)25-24-26(13-20(27)32-5-2)16-10-9-15(23(29)30-3)12-19(16)34-24/h6-12H,4-5,13H2,1-3H3. The van der Waals surface area contributed by atoms with E-state index in [1.54, 1.807) is 41.8 Å². The molecule has 9 nitrogen and oxygen atoms in total. The fourth-order valence-corrected chi connectivity index (χ4v) is 4.51. The molecule has 1 amide bonds. The highest BCUT2D eigenvalue weighted by atomic mass is 32.1. The van der Waals surface area contributed by atoms with Gasteiger partial charge in [0.1, 0.15) is 6.54 Å². The topological polar surface area (TPSA) is 109 Å². The minimum absolute atomic E-state index is 0.0394. The van der Waals surface area contributed by atoms with Gasteiger partial charge in [-0.3, -0.25) is 9.59 Å². The van der Waals surface area contributed by atoms with Gasteiger partial charge in [-0.25, -0.2) is 4.79 Å². The third-order valence-electron chi connectivity index (χ3n) is 4.91. The maximum Gasteiger partial charge on any atom is 0.337 e. The summed E-state index contributed by atoms with van der Waals surface area (Å²) in [5.41, 5.74) is 1.43. The first-order chi connectivity index (χ1) is 16.4. The molecular formula is C24H22N2O7S. The zero-order valence-corrected chi connectivity index (χ0v) is 19.6. The number of para-hydroxylation sites is 1. The number of benzene rings is 2. The van der Waals surface area contributed by atoms with Gasteiger partial charge in [-0.15, -0.1) is 0 Å². The summed E-state index contributed by atoms with van der Waals surface area (Å²) in [5.74, 6) is -1.01. The van der Waals surface area contributed by atoms with Crippen LogP contribution in [0, 0.1) is 0 Å². The molecular weight excluding hydrogens is 460 g/mol. The molecule has 0 fully saturated rings. The average Bonchev–Trinajstić information content (AvgIpc) is 3.41. The van der Waals surface area contributed by atoms with E-state index in [0.29, 0.717) is 39.1 Å². The van der Waals surface area contributed by atoms with Crippen molar-refractivity contribution < 1.29 is 33.0 Å². The average molecular weight is 483 g/mol. The van der Waals surface area contributed by atoms with Crippen molar-refractivity contribution in [3.63, 3.8) is 0 Å². The van der Waals surface area contributed by atoms with Crippen LogP contribution in [0.15, 0.2) is 51.9 Å². The molecule has 0 aliphatic rings. The molecule has 0 unspecified atom stereocenters. The van der Waals surface area contributed by atoms with E-state index in [2.05, 4.69) is 4.99 Å². The molecule has 0 saturated carbocycles. The van der Waals surface area contributed by atoms with Crippen molar-refractivity contribution in [3.05, 3.63) is 58.6 Å². The molecule has 0 bridgehead atoms. The Kier molecular flexibility index (Phi) is 6.78. The van der Waals surface area contributed by atoms with Crippen LogP contribution in [0.1, 0.15) is 34.8 Å². The van der Waals surface area contributed by atoms with Gasteiger partial charge in [0.25, 0.3) is 0 Å². The van der Waals surface area contributed by atoms with E-state index in [1.165, 1.54) is 7.11 Å². The van der Waals surface area contributed by atoms with Crippen molar-refractivity contribution in [1.82, 2.24) is 4.57 Å². The molecule has 0 aliphatic heterocycles. The van der Waals surface area contributed by atoms with E-state index < -0.39 is 17.8 Å². The Morgan fingerprint density at radius 3 is 2.65 bits per heavy atom. The summed E-state index contributed by atoms with van der Waals surface area (Å²) in [6.07, 6.45) is 0. The smallest absolute Gasteiger partial charge is 0.337 e. The Bertz CT molecular complexity index is 1460. The van der Waals surface area contributed by atoms with E-state index in [-0.39, 0.29) is 23.7 Å². The summed E-state index contributed by atoms with van der Waals surface area (Å²) >= 11 is 1.16. The lowest BCUT2D eigenvalue weighted by molar-refractivity contribution is -0.143. The van der Waals surface area contributed by atoms with Gasteiger partial charge in [0.15, 0.2) is 21.9 Å². The van der Waals surface area contributed by atoms with Gasteiger partial charge in [-0.05, 0) is 44.2 Å². The molecule has 0 N–H and O–H groups in total. The lowest BCUT2D eigenvalue weighted by Crippen LogP contribution is -2.23. The summed E-state index contributed by atoms with van der Waals surface area (Å²) in [6, 6.07) is 11.9. The fourth-order valence-electron chi connectivity index (χ4n) is 3.44. The Labute approximate surface area is 198 Å². The van der Waals surface area contributed by atoms with Crippen LogP contribution < -0.4 is 9.54 Å². The van der Waals surface area contributed by atoms with Crippen molar-refractivity contribution in [2.45, 2.75) is 20.4 Å². The van der Waals surface area contributed by atoms with Gasteiger partial charge in [0.2, 0.25) is 0 Å². The molecule has 2 aromatic carbocycles. The lowest BCUT2D eigenvalue weighted by Gasteiger charge is -2.05. The quantitative estimate of drug-likeness (QED) is 0.367. The van der Waals surface area contributed by atoms with Crippen LogP contribution >= 0.6 is 11.3 Å². The summed E-state index contributed by atoms with van der Waals surface area (Å²) in [4.78, 5) is 41.7. The summed E-state index contributed by atoms with van der Waals surface area (Å²) < 4.78 is 23.4. The second-order valence-electron chi connectivity index (χ2n) is 7.09. The second kappa shape index (κ2) is 9.92. The summed E-state index contributed by atoms with van der Waals surface area (Å²) in [7, 11) is 1.30. The third-order valence-corrected chi connectivity index (χ3v) is 5.95. The highest BCUT2D eigenvalue weighted by molar-refractivity contribution is 7.16. The Morgan fingerprint density at radius 1 is 1.09 bits per heavy atom. The predicted octanol–water partition coefficient (Wildman–Crippen LogP) is 3.94. The largest absolute Gasteiger partial charge is 0.490 e. The first-order valence-corrected chi connectivity index (χ1v) is 11.4. The van der Waals surface area contributed by atoms with E-state index in [4.69, 9.17) is 18.6 Å². The number of thiazole rings is 1. The van der Waals surface area contributed by atoms with Crippen molar-refractivity contribution in [2.75, 3.05) is 20.3 Å². The molecule has 2 aromatic heterocycles. The van der Waals surface area contributed by atoms with Gasteiger partial charge in [-0.1, -0.05) is 23.5 Å². The highest BCUT2D eigenvalue weighted by Crippen LogP contribution is 2.29. The zero-order chi connectivity index (χ0) is 24.2. The lowest BCUT2D eigenvalue weighted by atomic mass is 10.2. The van der Waals surface area contributed by atoms with Crippen molar-refractivity contribution in [3.8, 4) is 5.75 Å². The third kappa shape index (κ3) is 4.58. The normalized spacial score (nSPS) is 11.7. The Balaban J connectivity index is 1.81. The predicted molar refractivity (Wildman–Crippen MR) is 125 cm³/mol. The minimum Gasteiger partial charge on any atom is -0.490 e. The van der Waals surface area contributed by atoms with E-state index in [1.807, 2.05) is 19.1 Å². The van der Waals surface area contributed by atoms with Gasteiger partial charge >= 0.3 is 17.8 Å². The van der Waals surface area contributed by atoms with E-state index in [0.717, 1.165) is 11.3 Å². The molecule has 2 heterocycles. The van der Waals surface area contributed by atoms with Gasteiger partial charge in [0.05, 0.1) is 36.1 Å². The van der Waals surface area contributed by atoms with Crippen molar-refractivity contribution in [2.24, 2.45) is 4.99 Å². The minimum atomic E-state index is -0.615. The number of esters is 2. The molecule has 0 spiro atoms. The summed E-state index contributed by atoms with van der Waals surface area (Å²) in [5, 5.41) is 0.711. The monoisotopic (exact) mass is 482 g/mol. The van der Waals surface area contributed by atoms with Crippen LogP contribution in [0.25, 0.3) is 21.2 Å². The molecule has 4 aromatic rings. The molecule has 176 valence electrons. The van der Waals surface area contributed by atoms with Gasteiger partial charge < -0.3 is 23.2 Å². The van der Waals surface area contributed by atoms with E-state index in [9.17, 15) is 14.4 Å². The number of fused-ring (bicyclic) bond motifs is 2. The number of aromatic nitrogens is 1. The number of hydrogen-bond acceptors (Lipinski definition) is 8. The van der Waals surface area contributed by atoms with Crippen LogP contribution in [0.2, 0.25) is 0 Å². The summed E-state index contributed by atoms with van der Waals surface area (Å²) in [6.45, 7) is 4.10. The number of hydrogen-bond donors (Lipinski definition) is 0. The van der Waals surface area contributed by atoms with Crippen LogP contribution in [0.4, 0.5) is 0 Å². The van der Waals surface area contributed by atoms with Gasteiger partial charge in [0, 0.05) is 5.39 Å². The van der Waals surface area contributed by atoms with Crippen LogP contribution in [-0.4, -0.2) is 42.7 Å². The SMILES string of the molecule is CCOC(=O)Cn1c(=NC(=O)c2cc3cccc(OCC)c3o2)sc2cc(C(=O)OC)ccc21. The number of amides is 1. The highest BCUT2D eigenvalue weighted by Gasteiger charge is 2.18. The Morgan fingerprint density at radius 2 is 1.91 bits per heavy atom.